The molecular formula is C18H27N. The molecular weight excluding hydrogens is 230 g/mol. The quantitative estimate of drug-likeness (QED) is 0.866. The van der Waals surface area contributed by atoms with Crippen LogP contribution in [0.4, 0.5) is 0 Å². The van der Waals surface area contributed by atoms with Crippen LogP contribution < -0.4 is 5.73 Å². The van der Waals surface area contributed by atoms with Crippen LogP contribution in [0.25, 0.3) is 0 Å². The third-order valence-electron chi connectivity index (χ3n) is 5.92. The number of rotatable bonds is 3. The molecule has 2 saturated carbocycles. The average Bonchev–Trinajstić information content (AvgIpc) is 3.24. The van der Waals surface area contributed by atoms with E-state index in [-0.39, 0.29) is 0 Å². The third-order valence-corrected chi connectivity index (χ3v) is 5.92. The first kappa shape index (κ1) is 13.2. The van der Waals surface area contributed by atoms with Crippen molar-refractivity contribution in [2.75, 3.05) is 0 Å². The van der Waals surface area contributed by atoms with Gasteiger partial charge in [-0.2, -0.15) is 0 Å². The predicted molar refractivity (Wildman–Crippen MR) is 81.0 cm³/mol. The van der Waals surface area contributed by atoms with Crippen molar-refractivity contribution in [3.8, 4) is 0 Å². The highest BCUT2D eigenvalue weighted by atomic mass is 14.8. The van der Waals surface area contributed by atoms with Crippen LogP contribution in [0.2, 0.25) is 0 Å². The zero-order chi connectivity index (χ0) is 13.5. The smallest absolute Gasteiger partial charge is 0.0165 e. The first-order valence-electron chi connectivity index (χ1n) is 7.94. The lowest BCUT2D eigenvalue weighted by atomic mass is 9.69. The van der Waals surface area contributed by atoms with Gasteiger partial charge in [-0.25, -0.2) is 0 Å². The summed E-state index contributed by atoms with van der Waals surface area (Å²) < 4.78 is 0. The van der Waals surface area contributed by atoms with Gasteiger partial charge in [0.15, 0.2) is 0 Å². The maximum absolute atomic E-state index is 6.73. The van der Waals surface area contributed by atoms with Gasteiger partial charge in [0.2, 0.25) is 0 Å². The summed E-state index contributed by atoms with van der Waals surface area (Å²) in [6.45, 7) is 4.81. The van der Waals surface area contributed by atoms with E-state index in [1.807, 2.05) is 0 Å². The third kappa shape index (κ3) is 2.33. The van der Waals surface area contributed by atoms with E-state index in [2.05, 4.69) is 44.2 Å². The Bertz CT molecular complexity index is 421. The molecule has 1 heteroatoms. The monoisotopic (exact) mass is 257 g/mol. The molecule has 1 nitrogen and oxygen atoms in total. The summed E-state index contributed by atoms with van der Waals surface area (Å²) >= 11 is 0. The molecule has 2 aliphatic carbocycles. The van der Waals surface area contributed by atoms with Crippen LogP contribution in [0.5, 0.6) is 0 Å². The van der Waals surface area contributed by atoms with Crippen molar-refractivity contribution < 1.29 is 0 Å². The topological polar surface area (TPSA) is 26.0 Å². The van der Waals surface area contributed by atoms with Gasteiger partial charge in [-0.3, -0.25) is 0 Å². The lowest BCUT2D eigenvalue weighted by Gasteiger charge is -2.39. The molecule has 19 heavy (non-hydrogen) atoms. The fourth-order valence-corrected chi connectivity index (χ4v) is 4.09. The maximum Gasteiger partial charge on any atom is 0.0165 e. The zero-order valence-corrected chi connectivity index (χ0v) is 12.3. The van der Waals surface area contributed by atoms with Crippen molar-refractivity contribution in [2.45, 2.75) is 57.4 Å². The van der Waals surface area contributed by atoms with Gasteiger partial charge < -0.3 is 5.73 Å². The Morgan fingerprint density at radius 2 is 1.74 bits per heavy atom. The lowest BCUT2D eigenvalue weighted by Crippen LogP contribution is -2.44. The van der Waals surface area contributed by atoms with Crippen LogP contribution in [0.1, 0.15) is 51.5 Å². The van der Waals surface area contributed by atoms with Crippen LogP contribution in [0.15, 0.2) is 30.3 Å². The van der Waals surface area contributed by atoms with E-state index in [0.717, 1.165) is 17.8 Å². The van der Waals surface area contributed by atoms with Crippen LogP contribution in [-0.2, 0) is 5.41 Å². The highest BCUT2D eigenvalue weighted by Crippen LogP contribution is 2.54. The number of hydrogen-bond acceptors (Lipinski definition) is 1. The summed E-state index contributed by atoms with van der Waals surface area (Å²) in [6.07, 6.45) is 6.61. The van der Waals surface area contributed by atoms with Crippen molar-refractivity contribution >= 4 is 0 Å². The molecule has 4 atom stereocenters. The summed E-state index contributed by atoms with van der Waals surface area (Å²) in [5.41, 5.74) is 8.52. The largest absolute Gasteiger partial charge is 0.327 e. The maximum atomic E-state index is 6.73. The summed E-state index contributed by atoms with van der Waals surface area (Å²) in [5, 5.41) is 0. The molecule has 1 aromatic carbocycles. The Balaban J connectivity index is 1.75. The lowest BCUT2D eigenvalue weighted by molar-refractivity contribution is 0.170. The van der Waals surface area contributed by atoms with Gasteiger partial charge >= 0.3 is 0 Å². The van der Waals surface area contributed by atoms with E-state index in [1.165, 1.54) is 37.7 Å². The van der Waals surface area contributed by atoms with Crippen molar-refractivity contribution in [1.82, 2.24) is 0 Å². The van der Waals surface area contributed by atoms with Gasteiger partial charge in [0.25, 0.3) is 0 Å². The molecule has 2 aliphatic rings. The Hall–Kier alpha value is -0.820. The van der Waals surface area contributed by atoms with E-state index in [0.29, 0.717) is 11.5 Å². The number of nitrogens with two attached hydrogens (primary N) is 1. The minimum Gasteiger partial charge on any atom is -0.327 e. The molecule has 0 amide bonds. The minimum atomic E-state index is 0.312. The normalized spacial score (nSPS) is 34.8. The minimum absolute atomic E-state index is 0.312. The SMILES string of the molecule is CC1CCC(C(N)C2(c3ccccc3)CC2)CC1C. The van der Waals surface area contributed by atoms with Crippen molar-refractivity contribution in [3.63, 3.8) is 0 Å². The average molecular weight is 257 g/mol. The first-order chi connectivity index (χ1) is 9.13. The fraction of sp³-hybridized carbons (Fsp3) is 0.667. The Labute approximate surface area is 117 Å². The Morgan fingerprint density at radius 3 is 2.32 bits per heavy atom. The number of benzene rings is 1. The summed E-state index contributed by atoms with van der Waals surface area (Å²) in [4.78, 5) is 0. The molecule has 2 fully saturated rings. The van der Waals surface area contributed by atoms with Crippen LogP contribution in [0, 0.1) is 17.8 Å². The summed E-state index contributed by atoms with van der Waals surface area (Å²) in [6, 6.07) is 11.4. The van der Waals surface area contributed by atoms with E-state index >= 15 is 0 Å². The molecule has 0 aromatic heterocycles. The van der Waals surface area contributed by atoms with E-state index in [4.69, 9.17) is 5.73 Å². The Kier molecular flexibility index (Phi) is 3.42. The van der Waals surface area contributed by atoms with E-state index < -0.39 is 0 Å². The van der Waals surface area contributed by atoms with Gasteiger partial charge in [0.1, 0.15) is 0 Å². The molecule has 0 saturated heterocycles. The summed E-state index contributed by atoms with van der Waals surface area (Å²) in [7, 11) is 0. The zero-order valence-electron chi connectivity index (χ0n) is 12.3. The molecule has 0 aliphatic heterocycles. The van der Waals surface area contributed by atoms with Crippen molar-refractivity contribution in [3.05, 3.63) is 35.9 Å². The number of hydrogen-bond donors (Lipinski definition) is 1. The van der Waals surface area contributed by atoms with Gasteiger partial charge in [-0.1, -0.05) is 50.6 Å². The van der Waals surface area contributed by atoms with Gasteiger partial charge in [0, 0.05) is 11.5 Å². The van der Waals surface area contributed by atoms with Crippen molar-refractivity contribution in [1.29, 1.82) is 0 Å². The van der Waals surface area contributed by atoms with Crippen molar-refractivity contribution in [2.24, 2.45) is 23.5 Å². The Morgan fingerprint density at radius 1 is 1.05 bits per heavy atom. The standard InChI is InChI=1S/C18H27N/c1-13-8-9-15(12-14(13)2)17(19)18(10-11-18)16-6-4-3-5-7-16/h3-7,13-15,17H,8-12,19H2,1-2H3. The van der Waals surface area contributed by atoms with Gasteiger partial charge in [0.05, 0.1) is 0 Å². The summed E-state index contributed by atoms with van der Waals surface area (Å²) in [5.74, 6) is 2.46. The predicted octanol–water partition coefficient (Wildman–Crippen LogP) is 4.12. The molecule has 104 valence electrons. The van der Waals surface area contributed by atoms with E-state index in [1.54, 1.807) is 0 Å². The first-order valence-corrected chi connectivity index (χ1v) is 7.94. The van der Waals surface area contributed by atoms with Crippen LogP contribution in [0.3, 0.4) is 0 Å². The second kappa shape index (κ2) is 4.94. The molecule has 0 heterocycles. The molecule has 2 N–H and O–H groups in total. The van der Waals surface area contributed by atoms with Crippen LogP contribution in [-0.4, -0.2) is 6.04 Å². The highest BCUT2D eigenvalue weighted by Gasteiger charge is 2.51. The molecule has 4 unspecified atom stereocenters. The molecule has 3 rings (SSSR count). The van der Waals surface area contributed by atoms with Crippen LogP contribution >= 0.6 is 0 Å². The van der Waals surface area contributed by atoms with Gasteiger partial charge in [-0.05, 0) is 49.0 Å². The fourth-order valence-electron chi connectivity index (χ4n) is 4.09. The molecule has 0 bridgehead atoms. The molecule has 1 aromatic rings. The molecule has 0 spiro atoms. The van der Waals surface area contributed by atoms with Gasteiger partial charge in [-0.15, -0.1) is 0 Å². The molecule has 0 radical (unpaired) electrons. The highest BCUT2D eigenvalue weighted by molar-refractivity contribution is 5.34. The van der Waals surface area contributed by atoms with E-state index in [9.17, 15) is 0 Å². The second-order valence-corrected chi connectivity index (χ2v) is 7.08. The second-order valence-electron chi connectivity index (χ2n) is 7.08.